The normalized spacial score (nSPS) is 20.2. The summed E-state index contributed by atoms with van der Waals surface area (Å²) >= 11 is 0. The molecule has 11 heteroatoms. The molecule has 1 amide bonds. The fourth-order valence-electron chi connectivity index (χ4n) is 4.99. The number of carboxylic acid groups (broad SMARTS) is 1. The minimum Gasteiger partial charge on any atom is -0.488 e. The lowest BCUT2D eigenvalue weighted by Gasteiger charge is -2.23. The molecule has 2 atom stereocenters. The largest absolute Gasteiger partial charge is 0.488 e. The second kappa shape index (κ2) is 10.6. The fraction of sp³-hybridized carbons (Fsp3) is 0.625. The number of carbonyl (C=O) groups excluding carboxylic acids is 1. The van der Waals surface area contributed by atoms with Crippen molar-refractivity contribution in [2.45, 2.75) is 77.0 Å². The maximum atomic E-state index is 15.1. The molecule has 10 nitrogen and oxygen atoms in total. The van der Waals surface area contributed by atoms with E-state index in [4.69, 9.17) is 14.6 Å². The number of carbonyl (C=O) groups is 2. The van der Waals surface area contributed by atoms with E-state index in [0.717, 1.165) is 38.5 Å². The summed E-state index contributed by atoms with van der Waals surface area (Å²) in [5, 5.41) is 17.0. The van der Waals surface area contributed by atoms with Crippen LogP contribution in [0.4, 0.5) is 9.18 Å². The van der Waals surface area contributed by atoms with Crippen molar-refractivity contribution in [1.82, 2.24) is 24.9 Å². The van der Waals surface area contributed by atoms with Gasteiger partial charge in [0.2, 0.25) is 0 Å². The number of aliphatic carboxylic acids is 1. The van der Waals surface area contributed by atoms with E-state index in [1.807, 2.05) is 0 Å². The summed E-state index contributed by atoms with van der Waals surface area (Å²) in [4.78, 5) is 29.5. The number of amides is 1. The van der Waals surface area contributed by atoms with Crippen LogP contribution in [0.1, 0.15) is 62.8 Å². The Labute approximate surface area is 203 Å². The summed E-state index contributed by atoms with van der Waals surface area (Å²) in [5.41, 5.74) is 1.13. The molecule has 2 aliphatic carbocycles. The first-order valence-electron chi connectivity index (χ1n) is 12.1. The highest BCUT2D eigenvalue weighted by molar-refractivity contribution is 5.68. The van der Waals surface area contributed by atoms with Gasteiger partial charge in [-0.15, -0.1) is 5.10 Å². The molecule has 2 aliphatic rings. The number of halogens is 1. The molecule has 2 heterocycles. The number of nitrogens with zero attached hydrogens (tertiary/aromatic N) is 5. The van der Waals surface area contributed by atoms with Gasteiger partial charge in [-0.25, -0.2) is 18.9 Å². The molecule has 0 saturated heterocycles. The van der Waals surface area contributed by atoms with E-state index in [1.54, 1.807) is 25.9 Å². The number of aryl methyl sites for hydroxylation is 2. The lowest BCUT2D eigenvalue weighted by molar-refractivity contribution is -0.138. The summed E-state index contributed by atoms with van der Waals surface area (Å²) in [5.74, 6) is -1.06. The van der Waals surface area contributed by atoms with Crippen LogP contribution in [0.2, 0.25) is 0 Å². The highest BCUT2D eigenvalue weighted by atomic mass is 19.1. The Morgan fingerprint density at radius 3 is 2.69 bits per heavy atom. The molecule has 0 radical (unpaired) electrons. The Morgan fingerprint density at radius 2 is 1.97 bits per heavy atom. The van der Waals surface area contributed by atoms with Crippen molar-refractivity contribution in [3.05, 3.63) is 23.3 Å². The average Bonchev–Trinajstić information content (AvgIpc) is 3.56. The van der Waals surface area contributed by atoms with E-state index >= 15 is 4.39 Å². The summed E-state index contributed by atoms with van der Waals surface area (Å²) in [7, 11) is 3.38. The number of carboxylic acids is 1. The molecule has 1 N–H and O–H groups in total. The molecular formula is C24H32FN5O5. The van der Waals surface area contributed by atoms with Crippen LogP contribution in [-0.2, 0) is 23.2 Å². The lowest BCUT2D eigenvalue weighted by atomic mass is 10.0. The summed E-state index contributed by atoms with van der Waals surface area (Å²) in [6.07, 6.45) is 5.74. The molecule has 2 saturated carbocycles. The molecule has 190 valence electrons. The van der Waals surface area contributed by atoms with Gasteiger partial charge in [-0.2, -0.15) is 0 Å². The topological polar surface area (TPSA) is 120 Å². The molecule has 4 rings (SSSR count). The molecule has 0 aliphatic heterocycles. The Hall–Kier alpha value is -3.24. The first-order chi connectivity index (χ1) is 16.7. The van der Waals surface area contributed by atoms with Crippen molar-refractivity contribution in [3.63, 3.8) is 0 Å². The van der Waals surface area contributed by atoms with Crippen LogP contribution >= 0.6 is 0 Å². The first-order valence-corrected chi connectivity index (χ1v) is 12.1. The van der Waals surface area contributed by atoms with Gasteiger partial charge in [-0.05, 0) is 44.9 Å². The van der Waals surface area contributed by atoms with E-state index in [9.17, 15) is 9.59 Å². The van der Waals surface area contributed by atoms with Gasteiger partial charge in [0.15, 0.2) is 5.82 Å². The van der Waals surface area contributed by atoms with Crippen LogP contribution in [0.3, 0.4) is 0 Å². The maximum absolute atomic E-state index is 15.1. The Kier molecular flexibility index (Phi) is 7.51. The van der Waals surface area contributed by atoms with Gasteiger partial charge in [0.1, 0.15) is 29.4 Å². The third-order valence-electron chi connectivity index (χ3n) is 7.03. The molecule has 0 unspecified atom stereocenters. The van der Waals surface area contributed by atoms with Crippen LogP contribution in [0.15, 0.2) is 6.07 Å². The number of rotatable bonds is 8. The number of hydrogen-bond donors (Lipinski definition) is 1. The van der Waals surface area contributed by atoms with Gasteiger partial charge in [0, 0.05) is 32.6 Å². The molecule has 2 aromatic heterocycles. The van der Waals surface area contributed by atoms with Gasteiger partial charge < -0.3 is 19.5 Å². The van der Waals surface area contributed by atoms with Crippen molar-refractivity contribution in [1.29, 1.82) is 0 Å². The molecule has 35 heavy (non-hydrogen) atoms. The third-order valence-corrected chi connectivity index (χ3v) is 7.03. The summed E-state index contributed by atoms with van der Waals surface area (Å²) < 4.78 is 28.1. The number of aromatic nitrogens is 4. The van der Waals surface area contributed by atoms with Crippen LogP contribution in [0, 0.1) is 18.7 Å². The van der Waals surface area contributed by atoms with E-state index < -0.39 is 17.9 Å². The van der Waals surface area contributed by atoms with Crippen LogP contribution in [0.5, 0.6) is 5.75 Å². The van der Waals surface area contributed by atoms with E-state index in [-0.39, 0.29) is 42.5 Å². The molecule has 2 fully saturated rings. The molecule has 0 bridgehead atoms. The molecule has 0 aromatic carbocycles. The second-order valence-corrected chi connectivity index (χ2v) is 9.53. The number of pyridine rings is 1. The standard InChI is InChI=1S/C24H32FN5O5/c1-14-20(35-17-9-8-15(10-17)11-21(31)32)12-18(25)22(26-14)23-19(30(3)28-27-23)13-34-24(33)29(2)16-6-4-5-7-16/h12,15-17H,4-11,13H2,1-3H3,(H,31,32)/t15-,17-/m0/s1. The van der Waals surface area contributed by atoms with Crippen molar-refractivity contribution >= 4 is 12.1 Å². The Balaban J connectivity index is 1.45. The zero-order valence-corrected chi connectivity index (χ0v) is 20.4. The summed E-state index contributed by atoms with van der Waals surface area (Å²) in [6.45, 7) is 1.61. The zero-order chi connectivity index (χ0) is 25.1. The highest BCUT2D eigenvalue weighted by Gasteiger charge is 2.29. The average molecular weight is 490 g/mol. The number of hydrogen-bond acceptors (Lipinski definition) is 7. The number of ether oxygens (including phenoxy) is 2. The predicted octanol–water partition coefficient (Wildman–Crippen LogP) is 3.86. The van der Waals surface area contributed by atoms with Gasteiger partial charge in [0.25, 0.3) is 0 Å². The lowest BCUT2D eigenvalue weighted by Crippen LogP contribution is -2.35. The van der Waals surface area contributed by atoms with Crippen molar-refractivity contribution in [3.8, 4) is 17.1 Å². The van der Waals surface area contributed by atoms with E-state index in [2.05, 4.69) is 15.3 Å². The quantitative estimate of drug-likeness (QED) is 0.594. The molecule has 0 spiro atoms. The van der Waals surface area contributed by atoms with Crippen LogP contribution < -0.4 is 4.74 Å². The maximum Gasteiger partial charge on any atom is 0.410 e. The minimum atomic E-state index is -0.820. The molecular weight excluding hydrogens is 457 g/mol. The van der Waals surface area contributed by atoms with Crippen LogP contribution in [-0.4, -0.2) is 61.2 Å². The SMILES string of the molecule is Cc1nc(-c2nnn(C)c2COC(=O)N(C)C2CCCC2)c(F)cc1O[C@H]1CC[C@H](CC(=O)O)C1. The van der Waals surface area contributed by atoms with Gasteiger partial charge in [-0.3, -0.25) is 4.79 Å². The van der Waals surface area contributed by atoms with Crippen molar-refractivity contribution in [2.24, 2.45) is 13.0 Å². The molecule has 2 aromatic rings. The fourth-order valence-corrected chi connectivity index (χ4v) is 4.99. The smallest absolute Gasteiger partial charge is 0.410 e. The van der Waals surface area contributed by atoms with Gasteiger partial charge >= 0.3 is 12.1 Å². The third kappa shape index (κ3) is 5.71. The van der Waals surface area contributed by atoms with Gasteiger partial charge in [0.05, 0.1) is 11.8 Å². The van der Waals surface area contributed by atoms with Crippen LogP contribution in [0.25, 0.3) is 11.4 Å². The first kappa shape index (κ1) is 24.9. The van der Waals surface area contributed by atoms with Crippen molar-refractivity contribution < 1.29 is 28.6 Å². The Bertz CT molecular complexity index is 1080. The predicted molar refractivity (Wildman–Crippen MR) is 123 cm³/mol. The zero-order valence-electron chi connectivity index (χ0n) is 20.4. The van der Waals surface area contributed by atoms with Crippen molar-refractivity contribution in [2.75, 3.05) is 7.05 Å². The summed E-state index contributed by atoms with van der Waals surface area (Å²) in [6, 6.07) is 1.46. The highest BCUT2D eigenvalue weighted by Crippen LogP contribution is 2.34. The van der Waals surface area contributed by atoms with E-state index in [1.165, 1.54) is 10.7 Å². The monoisotopic (exact) mass is 489 g/mol. The minimum absolute atomic E-state index is 0.00771. The van der Waals surface area contributed by atoms with E-state index in [0.29, 0.717) is 23.6 Å². The second-order valence-electron chi connectivity index (χ2n) is 9.53. The van der Waals surface area contributed by atoms with Gasteiger partial charge in [-0.1, -0.05) is 18.1 Å². The Morgan fingerprint density at radius 1 is 1.23 bits per heavy atom.